The van der Waals surface area contributed by atoms with Crippen molar-refractivity contribution in [1.29, 1.82) is 0 Å². The van der Waals surface area contributed by atoms with Crippen molar-refractivity contribution in [2.75, 3.05) is 6.54 Å². The van der Waals surface area contributed by atoms with E-state index in [0.29, 0.717) is 19.0 Å². The molecule has 0 radical (unpaired) electrons. The molecule has 5 N–H and O–H groups in total. The van der Waals surface area contributed by atoms with Gasteiger partial charge in [0.25, 0.3) is 0 Å². The quantitative estimate of drug-likeness (QED) is 0.272. The third kappa shape index (κ3) is 5.81. The minimum absolute atomic E-state index is 0.0547. The second-order valence-corrected chi connectivity index (χ2v) is 5.53. The van der Waals surface area contributed by atoms with E-state index in [0.717, 1.165) is 38.5 Å². The number of hydrogen-bond acceptors (Lipinski definition) is 5. The lowest BCUT2D eigenvalue weighted by molar-refractivity contribution is -0.152. The molecular formula is C12H24IN3O2. The normalized spacial score (nSPS) is 25.7. The predicted molar refractivity (Wildman–Crippen MR) is 80.2 cm³/mol. The average molecular weight is 369 g/mol. The third-order valence-corrected chi connectivity index (χ3v) is 4.26. The predicted octanol–water partition coefficient (Wildman–Crippen LogP) is 1.24. The minimum atomic E-state index is -0.489. The van der Waals surface area contributed by atoms with E-state index in [4.69, 9.17) is 16.2 Å². The summed E-state index contributed by atoms with van der Waals surface area (Å²) in [6, 6.07) is 0.0655. The molecule has 0 saturated heterocycles. The molecule has 0 unspecified atom stereocenters. The zero-order valence-electron chi connectivity index (χ0n) is 10.7. The van der Waals surface area contributed by atoms with Crippen LogP contribution in [0.1, 0.15) is 44.9 Å². The molecule has 5 nitrogen and oxygen atoms in total. The number of carbonyl (C=O) groups is 1. The number of ether oxygens (including phenoxy) is 1. The van der Waals surface area contributed by atoms with Gasteiger partial charge < -0.3 is 16.2 Å². The van der Waals surface area contributed by atoms with Gasteiger partial charge in [-0.15, -0.1) is 0 Å². The summed E-state index contributed by atoms with van der Waals surface area (Å²) in [6.07, 6.45) is 6.50. The highest BCUT2D eigenvalue weighted by Crippen LogP contribution is 2.22. The molecule has 0 spiro atoms. The zero-order chi connectivity index (χ0) is 13.4. The Labute approximate surface area is 123 Å². The van der Waals surface area contributed by atoms with E-state index in [2.05, 4.69) is 26.4 Å². The smallest absolute Gasteiger partial charge is 0.323 e. The van der Waals surface area contributed by atoms with Gasteiger partial charge in [0.15, 0.2) is 0 Å². The van der Waals surface area contributed by atoms with Crippen LogP contribution in [0.15, 0.2) is 0 Å². The van der Waals surface area contributed by atoms with E-state index in [-0.39, 0.29) is 12.1 Å². The van der Waals surface area contributed by atoms with Gasteiger partial charge in [-0.25, -0.2) is 0 Å². The molecule has 0 aromatic carbocycles. The number of halogens is 1. The fraction of sp³-hybridized carbons (Fsp3) is 0.917. The molecule has 0 heterocycles. The van der Waals surface area contributed by atoms with Crippen molar-refractivity contribution < 1.29 is 9.53 Å². The Morgan fingerprint density at radius 3 is 2.56 bits per heavy atom. The van der Waals surface area contributed by atoms with Crippen molar-refractivity contribution in [3.63, 3.8) is 0 Å². The minimum Gasteiger partial charge on any atom is -0.461 e. The molecule has 18 heavy (non-hydrogen) atoms. The summed E-state index contributed by atoms with van der Waals surface area (Å²) >= 11 is 2.18. The summed E-state index contributed by atoms with van der Waals surface area (Å²) in [4.78, 5) is 11.8. The Kier molecular flexibility index (Phi) is 8.12. The molecule has 1 atom stereocenters. The van der Waals surface area contributed by atoms with Crippen molar-refractivity contribution in [2.24, 2.45) is 11.5 Å². The Hall–Kier alpha value is 0.0800. The number of unbranched alkanes of at least 4 members (excludes halogenated alkanes) is 1. The maximum Gasteiger partial charge on any atom is 0.323 e. The van der Waals surface area contributed by atoms with Gasteiger partial charge >= 0.3 is 5.97 Å². The molecule has 1 aliphatic rings. The van der Waals surface area contributed by atoms with Crippen LogP contribution in [0.3, 0.4) is 0 Å². The maximum absolute atomic E-state index is 11.8. The number of hydrogen-bond donors (Lipinski definition) is 3. The van der Waals surface area contributed by atoms with E-state index >= 15 is 0 Å². The van der Waals surface area contributed by atoms with Crippen LogP contribution >= 0.6 is 22.9 Å². The Morgan fingerprint density at radius 1 is 1.33 bits per heavy atom. The lowest BCUT2D eigenvalue weighted by atomic mass is 9.93. The number of carbonyl (C=O) groups excluding carboxylic acids is 1. The van der Waals surface area contributed by atoms with E-state index < -0.39 is 6.04 Å². The van der Waals surface area contributed by atoms with Gasteiger partial charge in [0.1, 0.15) is 12.1 Å². The Morgan fingerprint density at radius 2 is 2.00 bits per heavy atom. The van der Waals surface area contributed by atoms with Gasteiger partial charge in [0.05, 0.1) is 0 Å². The van der Waals surface area contributed by atoms with E-state index in [9.17, 15) is 4.79 Å². The first-order valence-electron chi connectivity index (χ1n) is 6.69. The molecule has 1 aliphatic carbocycles. The molecule has 0 bridgehead atoms. The molecule has 0 aromatic rings. The van der Waals surface area contributed by atoms with Crippen LogP contribution in [0.25, 0.3) is 0 Å². The van der Waals surface area contributed by atoms with Crippen LogP contribution in [0, 0.1) is 0 Å². The summed E-state index contributed by atoms with van der Waals surface area (Å²) < 4.78 is 8.68. The molecule has 0 aliphatic heterocycles. The fourth-order valence-electron chi connectivity index (χ4n) is 2.17. The summed E-state index contributed by atoms with van der Waals surface area (Å²) in [6.45, 7) is 0.648. The topological polar surface area (TPSA) is 90.4 Å². The number of rotatable bonds is 7. The van der Waals surface area contributed by atoms with Gasteiger partial charge in [-0.2, -0.15) is 0 Å². The monoisotopic (exact) mass is 369 g/mol. The summed E-state index contributed by atoms with van der Waals surface area (Å²) in [7, 11) is 0. The van der Waals surface area contributed by atoms with Crippen LogP contribution < -0.4 is 15.0 Å². The molecule has 1 rings (SSSR count). The largest absolute Gasteiger partial charge is 0.461 e. The molecule has 1 saturated carbocycles. The van der Waals surface area contributed by atoms with Gasteiger partial charge in [-0.05, 0) is 45.1 Å². The van der Waals surface area contributed by atoms with Gasteiger partial charge in [0.2, 0.25) is 0 Å². The standard InChI is InChI=1S/C12H24IN3O2/c13-16-9-4-6-10(7-5-9)18-12(17)11(15)3-1-2-8-14/h9-11,16H,1-8,14-15H2/t9-,10-,11-/m0/s1. The van der Waals surface area contributed by atoms with Crippen LogP contribution in [-0.2, 0) is 9.53 Å². The van der Waals surface area contributed by atoms with Crippen LogP contribution in [0.5, 0.6) is 0 Å². The highest BCUT2D eigenvalue weighted by molar-refractivity contribution is 14.1. The number of nitrogens with two attached hydrogens (primary N) is 2. The number of esters is 1. The first kappa shape index (κ1) is 16.1. The van der Waals surface area contributed by atoms with Crippen LogP contribution in [0.2, 0.25) is 0 Å². The van der Waals surface area contributed by atoms with Gasteiger partial charge in [-0.3, -0.25) is 8.32 Å². The van der Waals surface area contributed by atoms with Gasteiger partial charge in [0, 0.05) is 28.9 Å². The van der Waals surface area contributed by atoms with E-state index in [1.807, 2.05) is 0 Å². The van der Waals surface area contributed by atoms with E-state index in [1.54, 1.807) is 0 Å². The first-order valence-corrected chi connectivity index (χ1v) is 7.77. The summed E-state index contributed by atoms with van der Waals surface area (Å²) in [5, 5.41) is 0. The van der Waals surface area contributed by atoms with E-state index in [1.165, 1.54) is 0 Å². The van der Waals surface area contributed by atoms with Crippen molar-refractivity contribution >= 4 is 28.8 Å². The summed E-state index contributed by atoms with van der Waals surface area (Å²) in [5.74, 6) is -0.252. The number of nitrogens with one attached hydrogen (secondary N) is 1. The van der Waals surface area contributed by atoms with Crippen LogP contribution in [-0.4, -0.2) is 30.7 Å². The second-order valence-electron chi connectivity index (χ2n) is 4.91. The Balaban J connectivity index is 2.19. The second kappa shape index (κ2) is 9.06. The SMILES string of the molecule is NCCCC[C@H](N)C(=O)O[C@H]1CC[C@H](NI)CC1. The Bertz CT molecular complexity index is 245. The molecule has 6 heteroatoms. The molecule has 0 aromatic heterocycles. The van der Waals surface area contributed by atoms with Crippen LogP contribution in [0.4, 0.5) is 0 Å². The molecule has 0 amide bonds. The molecular weight excluding hydrogens is 345 g/mol. The van der Waals surface area contributed by atoms with Crippen molar-refractivity contribution in [2.45, 2.75) is 63.1 Å². The molecule has 1 fully saturated rings. The van der Waals surface area contributed by atoms with Crippen molar-refractivity contribution in [3.05, 3.63) is 0 Å². The highest BCUT2D eigenvalue weighted by atomic mass is 127. The van der Waals surface area contributed by atoms with Crippen molar-refractivity contribution in [3.8, 4) is 0 Å². The molecule has 106 valence electrons. The first-order chi connectivity index (χ1) is 8.67. The highest BCUT2D eigenvalue weighted by Gasteiger charge is 2.25. The van der Waals surface area contributed by atoms with Gasteiger partial charge in [-0.1, -0.05) is 6.42 Å². The third-order valence-electron chi connectivity index (χ3n) is 3.38. The van der Waals surface area contributed by atoms with Crippen molar-refractivity contribution in [1.82, 2.24) is 3.53 Å². The fourth-order valence-corrected chi connectivity index (χ4v) is 2.79. The average Bonchev–Trinajstić information content (AvgIpc) is 2.39. The lowest BCUT2D eigenvalue weighted by Crippen LogP contribution is -2.37. The zero-order valence-corrected chi connectivity index (χ0v) is 12.9. The lowest BCUT2D eigenvalue weighted by Gasteiger charge is -2.28. The summed E-state index contributed by atoms with van der Waals surface area (Å²) in [5.41, 5.74) is 11.2. The maximum atomic E-state index is 11.8.